The fraction of sp³-hybridized carbons (Fsp3) is 0.385. The SMILES string of the molecule is CSC(C)(C)CNc1ncnc2cc(N)ccc12. The maximum absolute atomic E-state index is 5.75. The molecule has 4 nitrogen and oxygen atoms in total. The maximum Gasteiger partial charge on any atom is 0.137 e. The lowest BCUT2D eigenvalue weighted by Crippen LogP contribution is -2.26. The van der Waals surface area contributed by atoms with Gasteiger partial charge in [0.25, 0.3) is 0 Å². The van der Waals surface area contributed by atoms with Crippen molar-refractivity contribution in [3.63, 3.8) is 0 Å². The van der Waals surface area contributed by atoms with E-state index >= 15 is 0 Å². The molecule has 0 saturated carbocycles. The van der Waals surface area contributed by atoms with Crippen LogP contribution in [0.4, 0.5) is 11.5 Å². The highest BCUT2D eigenvalue weighted by molar-refractivity contribution is 7.99. The van der Waals surface area contributed by atoms with Crippen LogP contribution in [0.5, 0.6) is 0 Å². The van der Waals surface area contributed by atoms with Gasteiger partial charge in [-0.25, -0.2) is 9.97 Å². The topological polar surface area (TPSA) is 63.8 Å². The Kier molecular flexibility index (Phi) is 3.61. The average molecular weight is 262 g/mol. The minimum absolute atomic E-state index is 0.172. The number of aromatic nitrogens is 2. The summed E-state index contributed by atoms with van der Waals surface area (Å²) in [6.45, 7) is 5.25. The van der Waals surface area contributed by atoms with Crippen molar-refractivity contribution in [2.75, 3.05) is 23.9 Å². The number of benzene rings is 1. The second kappa shape index (κ2) is 5.02. The highest BCUT2D eigenvalue weighted by Gasteiger charge is 2.16. The summed E-state index contributed by atoms with van der Waals surface area (Å²) in [5, 5.41) is 4.39. The van der Waals surface area contributed by atoms with Gasteiger partial charge in [-0.2, -0.15) is 11.8 Å². The number of nitrogens with one attached hydrogen (secondary N) is 1. The summed E-state index contributed by atoms with van der Waals surface area (Å²) in [4.78, 5) is 8.53. The van der Waals surface area contributed by atoms with Crippen LogP contribution in [0, 0.1) is 0 Å². The molecule has 2 rings (SSSR count). The Morgan fingerprint density at radius 2 is 2.11 bits per heavy atom. The summed E-state index contributed by atoms with van der Waals surface area (Å²) < 4.78 is 0.172. The molecule has 2 aromatic rings. The molecule has 0 aliphatic carbocycles. The summed E-state index contributed by atoms with van der Waals surface area (Å²) in [7, 11) is 0. The van der Waals surface area contributed by atoms with Crippen LogP contribution in [0.1, 0.15) is 13.8 Å². The maximum atomic E-state index is 5.75. The van der Waals surface area contributed by atoms with Crippen LogP contribution in [-0.2, 0) is 0 Å². The molecule has 0 amide bonds. The van der Waals surface area contributed by atoms with Crippen LogP contribution >= 0.6 is 11.8 Å². The number of anilines is 2. The Bertz CT molecular complexity index is 554. The molecule has 1 aromatic heterocycles. The first kappa shape index (κ1) is 13.0. The minimum atomic E-state index is 0.172. The molecule has 18 heavy (non-hydrogen) atoms. The molecule has 3 N–H and O–H groups in total. The minimum Gasteiger partial charge on any atom is -0.399 e. The van der Waals surface area contributed by atoms with E-state index in [-0.39, 0.29) is 4.75 Å². The van der Waals surface area contributed by atoms with Crippen LogP contribution in [0.3, 0.4) is 0 Å². The van der Waals surface area contributed by atoms with E-state index in [1.54, 1.807) is 6.33 Å². The average Bonchev–Trinajstić information content (AvgIpc) is 2.36. The van der Waals surface area contributed by atoms with Crippen molar-refractivity contribution in [2.24, 2.45) is 0 Å². The fourth-order valence-corrected chi connectivity index (χ4v) is 1.80. The van der Waals surface area contributed by atoms with Crippen molar-refractivity contribution >= 4 is 34.2 Å². The monoisotopic (exact) mass is 262 g/mol. The van der Waals surface area contributed by atoms with Gasteiger partial charge < -0.3 is 11.1 Å². The predicted octanol–water partition coefficient (Wildman–Crippen LogP) is 2.77. The molecule has 0 bridgehead atoms. The van der Waals surface area contributed by atoms with Crippen molar-refractivity contribution in [2.45, 2.75) is 18.6 Å². The summed E-state index contributed by atoms with van der Waals surface area (Å²) in [5.41, 5.74) is 7.34. The Labute approximate surface area is 111 Å². The van der Waals surface area contributed by atoms with Gasteiger partial charge in [0.15, 0.2) is 0 Å². The molecule has 0 spiro atoms. The number of fused-ring (bicyclic) bond motifs is 1. The number of nitrogen functional groups attached to an aromatic ring is 1. The van der Waals surface area contributed by atoms with Gasteiger partial charge in [-0.15, -0.1) is 0 Å². The largest absolute Gasteiger partial charge is 0.399 e. The number of hydrogen-bond donors (Lipinski definition) is 2. The third kappa shape index (κ3) is 2.85. The molecular weight excluding hydrogens is 244 g/mol. The van der Waals surface area contributed by atoms with Gasteiger partial charge in [0.1, 0.15) is 12.1 Å². The van der Waals surface area contributed by atoms with Gasteiger partial charge in [-0.05, 0) is 38.3 Å². The van der Waals surface area contributed by atoms with Gasteiger partial charge in [-0.1, -0.05) is 0 Å². The number of thioether (sulfide) groups is 1. The zero-order chi connectivity index (χ0) is 13.2. The number of nitrogens with zero attached hydrogens (tertiary/aromatic N) is 2. The zero-order valence-corrected chi connectivity index (χ0v) is 11.7. The van der Waals surface area contributed by atoms with Crippen molar-refractivity contribution in [1.82, 2.24) is 9.97 Å². The highest BCUT2D eigenvalue weighted by Crippen LogP contribution is 2.24. The first-order valence-electron chi connectivity index (χ1n) is 5.81. The van der Waals surface area contributed by atoms with Gasteiger partial charge in [-0.3, -0.25) is 0 Å². The van der Waals surface area contributed by atoms with Gasteiger partial charge in [0, 0.05) is 22.4 Å². The predicted molar refractivity (Wildman–Crippen MR) is 80.0 cm³/mol. The molecule has 0 aliphatic heterocycles. The second-order valence-electron chi connectivity index (χ2n) is 4.82. The van der Waals surface area contributed by atoms with Crippen LogP contribution in [0.15, 0.2) is 24.5 Å². The number of nitrogens with two attached hydrogens (primary N) is 1. The van der Waals surface area contributed by atoms with Gasteiger partial charge in [0.2, 0.25) is 0 Å². The molecular formula is C13H18N4S. The normalized spacial score (nSPS) is 11.7. The summed E-state index contributed by atoms with van der Waals surface area (Å²) in [6.07, 6.45) is 3.68. The van der Waals surface area contributed by atoms with Crippen LogP contribution < -0.4 is 11.1 Å². The smallest absolute Gasteiger partial charge is 0.137 e. The molecule has 1 aromatic carbocycles. The molecule has 0 unspecified atom stereocenters. The van der Waals surface area contributed by atoms with Gasteiger partial charge in [0.05, 0.1) is 5.52 Å². The van der Waals surface area contributed by atoms with Crippen LogP contribution in [0.2, 0.25) is 0 Å². The van der Waals surface area contributed by atoms with Gasteiger partial charge >= 0.3 is 0 Å². The lowest BCUT2D eigenvalue weighted by Gasteiger charge is -2.22. The van der Waals surface area contributed by atoms with E-state index in [0.717, 1.165) is 29.0 Å². The van der Waals surface area contributed by atoms with E-state index in [0.29, 0.717) is 0 Å². The molecule has 96 valence electrons. The Morgan fingerprint density at radius 3 is 2.83 bits per heavy atom. The third-order valence-electron chi connectivity index (χ3n) is 2.89. The first-order chi connectivity index (χ1) is 8.52. The fourth-order valence-electron chi connectivity index (χ4n) is 1.58. The number of hydrogen-bond acceptors (Lipinski definition) is 5. The number of rotatable bonds is 4. The third-order valence-corrected chi connectivity index (χ3v) is 4.14. The van der Waals surface area contributed by atoms with E-state index in [2.05, 4.69) is 35.4 Å². The molecule has 0 radical (unpaired) electrons. The van der Waals surface area contributed by atoms with Crippen molar-refractivity contribution in [3.05, 3.63) is 24.5 Å². The quantitative estimate of drug-likeness (QED) is 0.830. The molecule has 0 saturated heterocycles. The van der Waals surface area contributed by atoms with E-state index < -0.39 is 0 Å². The lowest BCUT2D eigenvalue weighted by molar-refractivity contribution is 0.750. The molecule has 1 heterocycles. The van der Waals surface area contributed by atoms with Crippen LogP contribution in [0.25, 0.3) is 10.9 Å². The van der Waals surface area contributed by atoms with E-state index in [1.165, 1.54) is 0 Å². The molecule has 0 aliphatic rings. The Balaban J connectivity index is 2.29. The zero-order valence-electron chi connectivity index (χ0n) is 10.9. The first-order valence-corrected chi connectivity index (χ1v) is 7.03. The Hall–Kier alpha value is -1.49. The van der Waals surface area contributed by atoms with E-state index in [9.17, 15) is 0 Å². The van der Waals surface area contributed by atoms with E-state index in [1.807, 2.05) is 30.0 Å². The molecule has 0 fully saturated rings. The highest BCUT2D eigenvalue weighted by atomic mass is 32.2. The summed E-state index contributed by atoms with van der Waals surface area (Å²) >= 11 is 1.83. The summed E-state index contributed by atoms with van der Waals surface area (Å²) in [6, 6.07) is 5.69. The second-order valence-corrected chi connectivity index (χ2v) is 6.33. The lowest BCUT2D eigenvalue weighted by atomic mass is 10.2. The Morgan fingerprint density at radius 1 is 1.33 bits per heavy atom. The van der Waals surface area contributed by atoms with Crippen LogP contribution in [-0.4, -0.2) is 27.5 Å². The standard InChI is InChI=1S/C13H18N4S/c1-13(2,18-3)7-15-12-10-5-4-9(14)6-11(10)16-8-17-12/h4-6,8H,7,14H2,1-3H3,(H,15,16,17). The van der Waals surface area contributed by atoms with Crippen molar-refractivity contribution in [1.29, 1.82) is 0 Å². The van der Waals surface area contributed by atoms with Crippen molar-refractivity contribution < 1.29 is 0 Å². The van der Waals surface area contributed by atoms with Crippen molar-refractivity contribution in [3.8, 4) is 0 Å². The molecule has 0 atom stereocenters. The summed E-state index contributed by atoms with van der Waals surface area (Å²) in [5.74, 6) is 0.863. The molecule has 5 heteroatoms. The van der Waals surface area contributed by atoms with E-state index in [4.69, 9.17) is 5.73 Å².